The van der Waals surface area contributed by atoms with E-state index in [2.05, 4.69) is 5.32 Å². The van der Waals surface area contributed by atoms with Gasteiger partial charge in [0.2, 0.25) is 5.91 Å². The van der Waals surface area contributed by atoms with Crippen LogP contribution in [0.2, 0.25) is 0 Å². The van der Waals surface area contributed by atoms with Crippen LogP contribution in [0.25, 0.3) is 0 Å². The van der Waals surface area contributed by atoms with E-state index in [1.807, 2.05) is 25.7 Å². The summed E-state index contributed by atoms with van der Waals surface area (Å²) in [5, 5.41) is 2.88. The van der Waals surface area contributed by atoms with Crippen LogP contribution < -0.4 is 16.0 Å². The molecular formula is C15H24FN3O. The van der Waals surface area contributed by atoms with E-state index in [4.69, 9.17) is 5.73 Å². The first-order chi connectivity index (χ1) is 9.45. The van der Waals surface area contributed by atoms with Crippen molar-refractivity contribution >= 4 is 11.6 Å². The number of hydrogen-bond acceptors (Lipinski definition) is 3. The fourth-order valence-corrected chi connectivity index (χ4v) is 2.01. The van der Waals surface area contributed by atoms with Crippen LogP contribution in [0.5, 0.6) is 0 Å². The number of halogens is 1. The van der Waals surface area contributed by atoms with E-state index in [1.54, 1.807) is 12.1 Å². The molecule has 20 heavy (non-hydrogen) atoms. The summed E-state index contributed by atoms with van der Waals surface area (Å²) in [6, 6.07) is 5.99. The van der Waals surface area contributed by atoms with Gasteiger partial charge in [0.25, 0.3) is 0 Å². The molecule has 0 radical (unpaired) electrons. The quantitative estimate of drug-likeness (QED) is 0.802. The third-order valence-electron chi connectivity index (χ3n) is 3.02. The van der Waals surface area contributed by atoms with Crippen LogP contribution in [0.3, 0.4) is 0 Å². The lowest BCUT2D eigenvalue weighted by atomic mass is 10.2. The van der Waals surface area contributed by atoms with E-state index in [1.165, 1.54) is 12.1 Å². The summed E-state index contributed by atoms with van der Waals surface area (Å²) in [6.45, 7) is 6.80. The topological polar surface area (TPSA) is 58.4 Å². The van der Waals surface area contributed by atoms with E-state index >= 15 is 0 Å². The highest BCUT2D eigenvalue weighted by molar-refractivity contribution is 5.85. The molecule has 112 valence electrons. The van der Waals surface area contributed by atoms with E-state index in [-0.39, 0.29) is 23.8 Å². The van der Waals surface area contributed by atoms with Gasteiger partial charge in [-0.3, -0.25) is 4.79 Å². The molecule has 1 rings (SSSR count). The predicted molar refractivity (Wildman–Crippen MR) is 80.2 cm³/mol. The Hall–Kier alpha value is -1.62. The van der Waals surface area contributed by atoms with Crippen LogP contribution in [0.1, 0.15) is 27.2 Å². The van der Waals surface area contributed by atoms with Gasteiger partial charge in [-0.05, 0) is 51.9 Å². The summed E-state index contributed by atoms with van der Waals surface area (Å²) >= 11 is 0. The number of rotatable bonds is 7. The summed E-state index contributed by atoms with van der Waals surface area (Å²) in [7, 11) is 0. The van der Waals surface area contributed by atoms with Crippen LogP contribution in [0, 0.1) is 5.82 Å². The van der Waals surface area contributed by atoms with Crippen molar-refractivity contribution in [3.63, 3.8) is 0 Å². The summed E-state index contributed by atoms with van der Waals surface area (Å²) in [5.41, 5.74) is 6.24. The molecule has 0 aliphatic heterocycles. The Labute approximate surface area is 120 Å². The number of carbonyl (C=O) groups is 1. The molecule has 0 saturated heterocycles. The maximum Gasteiger partial charge on any atom is 0.242 e. The average molecular weight is 281 g/mol. The normalized spacial score (nSPS) is 12.3. The SMILES string of the molecule is CC(C)NC(=O)C(C)N(CCCN)c1cccc(F)c1. The van der Waals surface area contributed by atoms with E-state index in [0.29, 0.717) is 18.8 Å². The minimum atomic E-state index is -0.370. The van der Waals surface area contributed by atoms with Crippen molar-refractivity contribution in [2.45, 2.75) is 39.3 Å². The lowest BCUT2D eigenvalue weighted by Crippen LogP contribution is -2.48. The molecule has 4 nitrogen and oxygen atoms in total. The molecule has 0 aliphatic rings. The van der Waals surface area contributed by atoms with E-state index < -0.39 is 0 Å². The van der Waals surface area contributed by atoms with Crippen molar-refractivity contribution in [1.29, 1.82) is 0 Å². The predicted octanol–water partition coefficient (Wildman–Crippen LogP) is 1.89. The Morgan fingerprint density at radius 1 is 1.40 bits per heavy atom. The summed E-state index contributed by atoms with van der Waals surface area (Å²) < 4.78 is 13.4. The van der Waals surface area contributed by atoms with E-state index in [9.17, 15) is 9.18 Å². The number of carbonyl (C=O) groups excluding carboxylic acids is 1. The van der Waals surface area contributed by atoms with Gasteiger partial charge in [0.15, 0.2) is 0 Å². The Bertz CT molecular complexity index is 437. The second-order valence-electron chi connectivity index (χ2n) is 5.15. The van der Waals surface area contributed by atoms with Crippen molar-refractivity contribution in [3.8, 4) is 0 Å². The largest absolute Gasteiger partial charge is 0.360 e. The molecule has 1 aromatic carbocycles. The lowest BCUT2D eigenvalue weighted by molar-refractivity contribution is -0.122. The highest BCUT2D eigenvalue weighted by Crippen LogP contribution is 2.18. The summed E-state index contributed by atoms with van der Waals surface area (Å²) in [6.07, 6.45) is 0.746. The average Bonchev–Trinajstić information content (AvgIpc) is 2.38. The molecule has 1 amide bonds. The number of nitrogens with zero attached hydrogens (tertiary/aromatic N) is 1. The zero-order chi connectivity index (χ0) is 15.1. The molecule has 0 spiro atoms. The first-order valence-electron chi connectivity index (χ1n) is 6.98. The molecule has 3 N–H and O–H groups in total. The van der Waals surface area contributed by atoms with Gasteiger partial charge in [0.05, 0.1) is 0 Å². The monoisotopic (exact) mass is 281 g/mol. The van der Waals surface area contributed by atoms with Crippen LogP contribution in [0.15, 0.2) is 24.3 Å². The Balaban J connectivity index is 2.90. The maximum atomic E-state index is 13.4. The van der Waals surface area contributed by atoms with Crippen LogP contribution in [-0.2, 0) is 4.79 Å². The van der Waals surface area contributed by atoms with Crippen LogP contribution >= 0.6 is 0 Å². The molecule has 0 heterocycles. The molecule has 1 atom stereocenters. The van der Waals surface area contributed by atoms with Crippen molar-refractivity contribution in [1.82, 2.24) is 5.32 Å². The lowest BCUT2D eigenvalue weighted by Gasteiger charge is -2.31. The van der Waals surface area contributed by atoms with Gasteiger partial charge in [-0.25, -0.2) is 4.39 Å². The molecule has 0 saturated carbocycles. The van der Waals surface area contributed by atoms with Gasteiger partial charge in [-0.2, -0.15) is 0 Å². The first-order valence-corrected chi connectivity index (χ1v) is 6.98. The molecule has 0 bridgehead atoms. The zero-order valence-corrected chi connectivity index (χ0v) is 12.4. The number of hydrogen-bond donors (Lipinski definition) is 2. The molecule has 5 heteroatoms. The standard InChI is InChI=1S/C15H24FN3O/c1-11(2)18-15(20)12(3)19(9-5-8-17)14-7-4-6-13(16)10-14/h4,6-7,10-12H,5,8-9,17H2,1-3H3,(H,18,20). The molecule has 0 aliphatic carbocycles. The molecule has 0 aromatic heterocycles. The summed E-state index contributed by atoms with van der Waals surface area (Å²) in [4.78, 5) is 14.0. The molecule has 1 unspecified atom stereocenters. The fourth-order valence-electron chi connectivity index (χ4n) is 2.01. The van der Waals surface area contributed by atoms with Crippen molar-refractivity contribution in [2.75, 3.05) is 18.0 Å². The summed E-state index contributed by atoms with van der Waals surface area (Å²) in [5.74, 6) is -0.377. The first kappa shape index (κ1) is 16.4. The van der Waals surface area contributed by atoms with Gasteiger partial charge in [-0.1, -0.05) is 6.07 Å². The molecular weight excluding hydrogens is 257 g/mol. The second kappa shape index (κ2) is 7.85. The highest BCUT2D eigenvalue weighted by atomic mass is 19.1. The third kappa shape index (κ3) is 4.81. The van der Waals surface area contributed by atoms with E-state index in [0.717, 1.165) is 6.42 Å². The zero-order valence-electron chi connectivity index (χ0n) is 12.4. The Morgan fingerprint density at radius 3 is 2.65 bits per heavy atom. The Morgan fingerprint density at radius 2 is 2.10 bits per heavy atom. The van der Waals surface area contributed by atoms with Crippen LogP contribution in [0.4, 0.5) is 10.1 Å². The molecule has 0 fully saturated rings. The van der Waals surface area contributed by atoms with Gasteiger partial charge in [0, 0.05) is 18.3 Å². The maximum absolute atomic E-state index is 13.4. The minimum absolute atomic E-state index is 0.0683. The van der Waals surface area contributed by atoms with Gasteiger partial charge in [0.1, 0.15) is 11.9 Å². The number of anilines is 1. The minimum Gasteiger partial charge on any atom is -0.360 e. The third-order valence-corrected chi connectivity index (χ3v) is 3.02. The number of amides is 1. The number of nitrogens with one attached hydrogen (secondary N) is 1. The van der Waals surface area contributed by atoms with Crippen LogP contribution in [-0.4, -0.2) is 31.1 Å². The number of benzene rings is 1. The number of nitrogens with two attached hydrogens (primary N) is 1. The fraction of sp³-hybridized carbons (Fsp3) is 0.533. The smallest absolute Gasteiger partial charge is 0.242 e. The van der Waals surface area contributed by atoms with Gasteiger partial charge >= 0.3 is 0 Å². The molecule has 1 aromatic rings. The second-order valence-corrected chi connectivity index (χ2v) is 5.15. The Kier molecular flexibility index (Phi) is 6.45. The van der Waals surface area contributed by atoms with Gasteiger partial charge in [-0.15, -0.1) is 0 Å². The van der Waals surface area contributed by atoms with Crippen molar-refractivity contribution < 1.29 is 9.18 Å². The highest BCUT2D eigenvalue weighted by Gasteiger charge is 2.22. The van der Waals surface area contributed by atoms with Gasteiger partial charge < -0.3 is 16.0 Å². The van der Waals surface area contributed by atoms with Crippen molar-refractivity contribution in [2.24, 2.45) is 5.73 Å². The van der Waals surface area contributed by atoms with Crippen molar-refractivity contribution in [3.05, 3.63) is 30.1 Å².